The van der Waals surface area contributed by atoms with Gasteiger partial charge in [0.25, 0.3) is 5.56 Å². The summed E-state index contributed by atoms with van der Waals surface area (Å²) in [5.41, 5.74) is 1.52. The highest BCUT2D eigenvalue weighted by Crippen LogP contribution is 2.33. The molecule has 0 atom stereocenters. The summed E-state index contributed by atoms with van der Waals surface area (Å²) in [4.78, 5) is 31.8. The summed E-state index contributed by atoms with van der Waals surface area (Å²) in [6.07, 6.45) is 0.495. The Hall–Kier alpha value is -3.08. The maximum absolute atomic E-state index is 14.4. The van der Waals surface area contributed by atoms with Crippen molar-refractivity contribution in [3.8, 4) is 11.5 Å². The number of benzene rings is 2. The summed E-state index contributed by atoms with van der Waals surface area (Å²) in [6, 6.07) is 10.1. The number of rotatable bonds is 10. The third kappa shape index (κ3) is 5.67. The van der Waals surface area contributed by atoms with Crippen molar-refractivity contribution in [3.63, 3.8) is 0 Å². The standard InChI is InChI=1S/C27H26ClFN2O5S2/c1-5-36-26(33)23-15(2)22-24(38-23)30-27(37-14-17-18(28)7-6-8-19(17)29)31(25(22)32)12-11-16-9-10-20(34-3)21(13-16)35-4/h6-10,13H,5,11-12,14H2,1-4H3. The van der Waals surface area contributed by atoms with Crippen LogP contribution in [0.4, 0.5) is 4.39 Å². The molecule has 2 aromatic carbocycles. The quantitative estimate of drug-likeness (QED) is 0.125. The number of esters is 1. The minimum Gasteiger partial charge on any atom is -0.493 e. The fourth-order valence-electron chi connectivity index (χ4n) is 3.98. The molecule has 0 saturated heterocycles. The van der Waals surface area contributed by atoms with Crippen LogP contribution in [0.15, 0.2) is 46.3 Å². The molecule has 0 saturated carbocycles. The summed E-state index contributed by atoms with van der Waals surface area (Å²) in [7, 11) is 3.13. The Balaban J connectivity index is 1.76. The fraction of sp³-hybridized carbons (Fsp3) is 0.296. The van der Waals surface area contributed by atoms with Gasteiger partial charge < -0.3 is 14.2 Å². The average molecular weight is 577 g/mol. The number of methoxy groups -OCH3 is 2. The number of thioether (sulfide) groups is 1. The second-order valence-corrected chi connectivity index (χ2v) is 10.6. The molecule has 2 heterocycles. The van der Waals surface area contributed by atoms with Crippen molar-refractivity contribution >= 4 is 50.9 Å². The summed E-state index contributed by atoms with van der Waals surface area (Å²) in [6.45, 7) is 3.97. The largest absolute Gasteiger partial charge is 0.493 e. The van der Waals surface area contributed by atoms with Gasteiger partial charge in [-0.3, -0.25) is 9.36 Å². The van der Waals surface area contributed by atoms with Crippen molar-refractivity contribution in [2.75, 3.05) is 20.8 Å². The Labute approximate surface area is 232 Å². The van der Waals surface area contributed by atoms with Crippen LogP contribution in [0.1, 0.15) is 33.3 Å². The van der Waals surface area contributed by atoms with Crippen LogP contribution in [-0.2, 0) is 23.5 Å². The number of hydrogen-bond acceptors (Lipinski definition) is 8. The molecule has 0 N–H and O–H groups in total. The van der Waals surface area contributed by atoms with Crippen molar-refractivity contribution in [2.24, 2.45) is 0 Å². The van der Waals surface area contributed by atoms with Gasteiger partial charge in [-0.2, -0.15) is 0 Å². The van der Waals surface area contributed by atoms with Crippen LogP contribution in [0.5, 0.6) is 11.5 Å². The first-order chi connectivity index (χ1) is 18.3. The highest BCUT2D eigenvalue weighted by atomic mass is 35.5. The SMILES string of the molecule is CCOC(=O)c1sc2nc(SCc3c(F)cccc3Cl)n(CCc3ccc(OC)c(OC)c3)c(=O)c2c1C. The number of hydrogen-bond donors (Lipinski definition) is 0. The van der Waals surface area contributed by atoms with Gasteiger partial charge in [-0.25, -0.2) is 14.2 Å². The number of carbonyl (C=O) groups excluding carboxylic acids is 1. The molecule has 7 nitrogen and oxygen atoms in total. The molecule has 0 bridgehead atoms. The molecule has 0 aliphatic rings. The van der Waals surface area contributed by atoms with E-state index < -0.39 is 11.8 Å². The number of carbonyl (C=O) groups is 1. The minimum atomic E-state index is -0.489. The van der Waals surface area contributed by atoms with E-state index in [0.717, 1.165) is 16.9 Å². The molecular weight excluding hydrogens is 551 g/mol. The Morgan fingerprint density at radius 3 is 2.63 bits per heavy atom. The Bertz CT molecular complexity index is 1530. The third-order valence-electron chi connectivity index (χ3n) is 5.96. The molecule has 0 spiro atoms. The number of ether oxygens (including phenoxy) is 3. The van der Waals surface area contributed by atoms with Gasteiger partial charge in [-0.05, 0) is 55.7 Å². The van der Waals surface area contributed by atoms with Crippen molar-refractivity contribution in [1.82, 2.24) is 9.55 Å². The molecule has 0 aliphatic heterocycles. The zero-order chi connectivity index (χ0) is 27.4. The van der Waals surface area contributed by atoms with Gasteiger partial charge >= 0.3 is 5.97 Å². The summed E-state index contributed by atoms with van der Waals surface area (Å²) >= 11 is 8.56. The highest BCUT2D eigenvalue weighted by Gasteiger charge is 2.23. The van der Waals surface area contributed by atoms with Gasteiger partial charge in [0, 0.05) is 22.9 Å². The molecule has 38 heavy (non-hydrogen) atoms. The number of aromatic nitrogens is 2. The summed E-state index contributed by atoms with van der Waals surface area (Å²) in [5, 5.41) is 1.08. The first-order valence-electron chi connectivity index (χ1n) is 11.8. The van der Waals surface area contributed by atoms with Gasteiger partial charge in [0.2, 0.25) is 0 Å². The lowest BCUT2D eigenvalue weighted by molar-refractivity contribution is 0.0531. The lowest BCUT2D eigenvalue weighted by Crippen LogP contribution is -2.24. The topological polar surface area (TPSA) is 79.7 Å². The number of halogens is 2. The fourth-order valence-corrected chi connectivity index (χ4v) is 6.47. The van der Waals surface area contributed by atoms with Gasteiger partial charge in [0.1, 0.15) is 15.5 Å². The zero-order valence-corrected chi connectivity index (χ0v) is 23.7. The first kappa shape index (κ1) is 27.9. The van der Waals surface area contributed by atoms with E-state index in [1.807, 2.05) is 18.2 Å². The van der Waals surface area contributed by atoms with E-state index in [2.05, 4.69) is 0 Å². The van der Waals surface area contributed by atoms with E-state index in [1.165, 1.54) is 17.8 Å². The molecule has 0 fully saturated rings. The molecule has 200 valence electrons. The van der Waals surface area contributed by atoms with E-state index in [9.17, 15) is 14.0 Å². The summed E-state index contributed by atoms with van der Waals surface area (Å²) in [5.74, 6) is 0.449. The first-order valence-corrected chi connectivity index (χ1v) is 13.9. The molecule has 0 amide bonds. The van der Waals surface area contributed by atoms with Crippen LogP contribution in [0, 0.1) is 12.7 Å². The normalized spacial score (nSPS) is 11.1. The maximum atomic E-state index is 14.4. The molecule has 11 heteroatoms. The maximum Gasteiger partial charge on any atom is 0.348 e. The number of fused-ring (bicyclic) bond motifs is 1. The molecule has 4 rings (SSSR count). The monoisotopic (exact) mass is 576 g/mol. The van der Waals surface area contributed by atoms with Crippen molar-refractivity contribution in [2.45, 2.75) is 37.7 Å². The smallest absolute Gasteiger partial charge is 0.348 e. The van der Waals surface area contributed by atoms with Crippen molar-refractivity contribution in [3.05, 3.63) is 79.2 Å². The highest BCUT2D eigenvalue weighted by molar-refractivity contribution is 7.98. The van der Waals surface area contributed by atoms with Crippen LogP contribution in [0.25, 0.3) is 10.2 Å². The molecule has 2 aromatic heterocycles. The van der Waals surface area contributed by atoms with Crippen LogP contribution >= 0.6 is 34.7 Å². The van der Waals surface area contributed by atoms with Gasteiger partial charge in [-0.15, -0.1) is 11.3 Å². The van der Waals surface area contributed by atoms with Crippen LogP contribution < -0.4 is 15.0 Å². The zero-order valence-electron chi connectivity index (χ0n) is 21.3. The number of aryl methyl sites for hydroxylation is 2. The molecular formula is C27H26ClFN2O5S2. The van der Waals surface area contributed by atoms with E-state index in [-0.39, 0.29) is 17.9 Å². The molecule has 0 unspecified atom stereocenters. The van der Waals surface area contributed by atoms with Gasteiger partial charge in [-0.1, -0.05) is 35.5 Å². The second kappa shape index (κ2) is 12.2. The van der Waals surface area contributed by atoms with Crippen molar-refractivity contribution in [1.29, 1.82) is 0 Å². The molecule has 0 aliphatic carbocycles. The number of thiophene rings is 1. The average Bonchev–Trinajstić information content (AvgIpc) is 3.24. The third-order valence-corrected chi connectivity index (χ3v) is 8.48. The Morgan fingerprint density at radius 2 is 1.95 bits per heavy atom. The lowest BCUT2D eigenvalue weighted by atomic mass is 10.1. The lowest BCUT2D eigenvalue weighted by Gasteiger charge is -2.14. The van der Waals surface area contributed by atoms with E-state index in [1.54, 1.807) is 44.8 Å². The van der Waals surface area contributed by atoms with Crippen molar-refractivity contribution < 1.29 is 23.4 Å². The molecule has 0 radical (unpaired) electrons. The summed E-state index contributed by atoms with van der Waals surface area (Å²) < 4.78 is 31.9. The molecule has 4 aromatic rings. The van der Waals surface area contributed by atoms with Gasteiger partial charge in [0.05, 0.1) is 26.2 Å². The Morgan fingerprint density at radius 1 is 1.18 bits per heavy atom. The van der Waals surface area contributed by atoms with Crippen LogP contribution in [0.2, 0.25) is 5.02 Å². The second-order valence-electron chi connectivity index (χ2n) is 8.24. The minimum absolute atomic E-state index is 0.175. The van der Waals surface area contributed by atoms with Crippen LogP contribution in [-0.4, -0.2) is 36.3 Å². The Kier molecular flexibility index (Phi) is 8.96. The predicted octanol–water partition coefficient (Wildman–Crippen LogP) is 6.29. The van der Waals surface area contributed by atoms with Gasteiger partial charge in [0.15, 0.2) is 16.7 Å². The number of nitrogens with zero attached hydrogens (tertiary/aromatic N) is 2. The van der Waals surface area contributed by atoms with E-state index in [0.29, 0.717) is 60.9 Å². The van der Waals surface area contributed by atoms with Crippen LogP contribution in [0.3, 0.4) is 0 Å². The predicted molar refractivity (Wildman–Crippen MR) is 149 cm³/mol. The van der Waals surface area contributed by atoms with E-state index >= 15 is 0 Å². The van der Waals surface area contributed by atoms with E-state index in [4.69, 9.17) is 30.8 Å².